The summed E-state index contributed by atoms with van der Waals surface area (Å²) in [6.07, 6.45) is -0.209. The Labute approximate surface area is 194 Å². The summed E-state index contributed by atoms with van der Waals surface area (Å²) < 4.78 is 36.5. The highest BCUT2D eigenvalue weighted by Gasteiger charge is 2.47. The van der Waals surface area contributed by atoms with E-state index in [0.717, 1.165) is 11.8 Å². The second-order valence-corrected chi connectivity index (χ2v) is 8.44. The van der Waals surface area contributed by atoms with Gasteiger partial charge in [0.05, 0.1) is 6.20 Å². The minimum absolute atomic E-state index is 0.0819. The largest absolute Gasteiger partial charge is 0.474 e. The van der Waals surface area contributed by atoms with Crippen LogP contribution in [0.5, 0.6) is 5.75 Å². The molecule has 1 aliphatic heterocycles. The first-order valence-electron chi connectivity index (χ1n) is 10.0. The van der Waals surface area contributed by atoms with Crippen molar-refractivity contribution in [2.75, 3.05) is 5.75 Å². The number of ether oxygens (including phenoxy) is 4. The van der Waals surface area contributed by atoms with Crippen molar-refractivity contribution in [2.45, 2.75) is 51.4 Å². The van der Waals surface area contributed by atoms with E-state index in [2.05, 4.69) is 9.97 Å². The Morgan fingerprint density at radius 1 is 0.970 bits per heavy atom. The first kappa shape index (κ1) is 24.4. The molecular weight excluding hydrogens is 455 g/mol. The molecule has 0 spiro atoms. The number of carbonyl (C=O) groups excluding carboxylic acids is 3. The van der Waals surface area contributed by atoms with Gasteiger partial charge in [0.2, 0.25) is 0 Å². The zero-order valence-electron chi connectivity index (χ0n) is 18.4. The molecule has 0 N–H and O–H groups in total. The predicted octanol–water partition coefficient (Wildman–Crippen LogP) is 2.84. The van der Waals surface area contributed by atoms with Gasteiger partial charge in [0, 0.05) is 50.0 Å². The first-order valence-corrected chi connectivity index (χ1v) is 11.1. The number of halogens is 1. The van der Waals surface area contributed by atoms with Crippen LogP contribution >= 0.6 is 11.8 Å². The van der Waals surface area contributed by atoms with Crippen LogP contribution in [0.4, 0.5) is 4.39 Å². The van der Waals surface area contributed by atoms with Crippen LogP contribution in [-0.4, -0.2) is 57.4 Å². The highest BCUT2D eigenvalue weighted by atomic mass is 32.2. The molecule has 11 heteroatoms. The van der Waals surface area contributed by atoms with Crippen LogP contribution in [0, 0.1) is 12.7 Å². The number of carbonyl (C=O) groups is 3. The Hall–Kier alpha value is -3.21. The Bertz CT molecular complexity index is 1030. The fourth-order valence-electron chi connectivity index (χ4n) is 3.25. The number of esters is 3. The zero-order chi connectivity index (χ0) is 24.1. The fraction of sp³-hybridized carbons (Fsp3) is 0.409. The van der Waals surface area contributed by atoms with Gasteiger partial charge in [0.15, 0.2) is 29.6 Å². The Morgan fingerprint density at radius 2 is 1.64 bits per heavy atom. The third-order valence-electron chi connectivity index (χ3n) is 4.56. The minimum Gasteiger partial charge on any atom is -0.474 e. The topological polar surface area (TPSA) is 114 Å². The third kappa shape index (κ3) is 6.41. The second-order valence-electron chi connectivity index (χ2n) is 7.31. The standard InChI is InChI=1S/C22H23FN2O7S/c1-11-5-6-15(8-24-11)19-17(23)7-16(9-25-19)32-22-21(31-14(4)28)20(30-13(3)27)18(10-33-22)29-12(2)26/h5-9,18,20-22H,10H2,1-4H3/t18-,20+,21-,22-/m1/s1. The number of rotatable bonds is 6. The summed E-state index contributed by atoms with van der Waals surface area (Å²) in [5.74, 6) is -2.23. The lowest BCUT2D eigenvalue weighted by atomic mass is 10.1. The lowest BCUT2D eigenvalue weighted by Crippen LogP contribution is -2.55. The van der Waals surface area contributed by atoms with Crippen molar-refractivity contribution in [1.29, 1.82) is 0 Å². The number of pyridine rings is 2. The molecule has 3 rings (SSSR count). The molecule has 1 fully saturated rings. The summed E-state index contributed by atoms with van der Waals surface area (Å²) in [6.45, 7) is 5.41. The molecule has 0 saturated carbocycles. The molecule has 1 saturated heterocycles. The number of aromatic nitrogens is 2. The van der Waals surface area contributed by atoms with E-state index in [0.29, 0.717) is 5.56 Å². The van der Waals surface area contributed by atoms with Crippen LogP contribution in [0.25, 0.3) is 11.3 Å². The van der Waals surface area contributed by atoms with Gasteiger partial charge in [0.1, 0.15) is 11.4 Å². The van der Waals surface area contributed by atoms with Gasteiger partial charge in [-0.15, -0.1) is 11.8 Å². The molecule has 0 bridgehead atoms. The molecule has 0 unspecified atom stereocenters. The molecule has 33 heavy (non-hydrogen) atoms. The molecule has 2 aromatic heterocycles. The maximum Gasteiger partial charge on any atom is 0.303 e. The van der Waals surface area contributed by atoms with E-state index in [1.54, 1.807) is 12.1 Å². The predicted molar refractivity (Wildman–Crippen MR) is 116 cm³/mol. The van der Waals surface area contributed by atoms with Gasteiger partial charge in [-0.25, -0.2) is 9.37 Å². The number of hydrogen-bond acceptors (Lipinski definition) is 10. The summed E-state index contributed by atoms with van der Waals surface area (Å²) in [5.41, 5.74) is 0.529. The van der Waals surface area contributed by atoms with Crippen molar-refractivity contribution in [3.8, 4) is 17.0 Å². The molecule has 0 aromatic carbocycles. The average molecular weight is 478 g/mol. The highest BCUT2D eigenvalue weighted by molar-refractivity contribution is 7.99. The van der Waals surface area contributed by atoms with E-state index in [-0.39, 0.29) is 17.2 Å². The minimum atomic E-state index is -1.11. The van der Waals surface area contributed by atoms with Gasteiger partial charge in [-0.3, -0.25) is 19.4 Å². The fourth-order valence-corrected chi connectivity index (χ4v) is 4.47. The van der Waals surface area contributed by atoms with Crippen molar-refractivity contribution in [2.24, 2.45) is 0 Å². The summed E-state index contributed by atoms with van der Waals surface area (Å²) >= 11 is 1.17. The lowest BCUT2D eigenvalue weighted by molar-refractivity contribution is -0.186. The number of thioether (sulfide) groups is 1. The quantitative estimate of drug-likeness (QED) is 0.453. The van der Waals surface area contributed by atoms with Crippen molar-refractivity contribution in [3.05, 3.63) is 42.1 Å². The van der Waals surface area contributed by atoms with Crippen molar-refractivity contribution >= 4 is 29.7 Å². The Morgan fingerprint density at radius 3 is 2.21 bits per heavy atom. The smallest absolute Gasteiger partial charge is 0.303 e. The lowest BCUT2D eigenvalue weighted by Gasteiger charge is -2.39. The molecule has 2 aromatic rings. The SMILES string of the molecule is CC(=O)O[C@@H]1[C@@H](OC(C)=O)[C@H](OC(C)=O)CS[C@H]1Oc1cnc(-c2ccc(C)nc2)c(F)c1. The Kier molecular flexibility index (Phi) is 7.85. The van der Waals surface area contributed by atoms with Gasteiger partial charge >= 0.3 is 17.9 Å². The molecule has 0 amide bonds. The molecule has 1 aliphatic rings. The molecule has 176 valence electrons. The molecular formula is C22H23FN2O7S. The summed E-state index contributed by atoms with van der Waals surface area (Å²) in [5, 5.41) is 0. The second kappa shape index (κ2) is 10.6. The normalized spacial score (nSPS) is 22.2. The first-order chi connectivity index (χ1) is 15.6. The van der Waals surface area contributed by atoms with Gasteiger partial charge in [0.25, 0.3) is 0 Å². The summed E-state index contributed by atoms with van der Waals surface area (Å²) in [7, 11) is 0. The van der Waals surface area contributed by atoms with Gasteiger partial charge < -0.3 is 18.9 Å². The monoisotopic (exact) mass is 478 g/mol. The van der Waals surface area contributed by atoms with E-state index in [9.17, 15) is 18.8 Å². The van der Waals surface area contributed by atoms with Gasteiger partial charge in [-0.05, 0) is 19.1 Å². The number of aryl methyl sites for hydroxylation is 1. The van der Waals surface area contributed by atoms with Crippen molar-refractivity contribution in [1.82, 2.24) is 9.97 Å². The number of hydrogen-bond donors (Lipinski definition) is 0. The van der Waals surface area contributed by atoms with E-state index < -0.39 is 47.5 Å². The van der Waals surface area contributed by atoms with Crippen LogP contribution in [-0.2, 0) is 28.6 Å². The maximum atomic E-state index is 14.8. The van der Waals surface area contributed by atoms with Crippen molar-refractivity contribution in [3.63, 3.8) is 0 Å². The van der Waals surface area contributed by atoms with Gasteiger partial charge in [-0.1, -0.05) is 0 Å². The van der Waals surface area contributed by atoms with Crippen LogP contribution in [0.1, 0.15) is 26.5 Å². The molecule has 0 aliphatic carbocycles. The molecule has 3 heterocycles. The highest BCUT2D eigenvalue weighted by Crippen LogP contribution is 2.35. The summed E-state index contributed by atoms with van der Waals surface area (Å²) in [4.78, 5) is 43.2. The van der Waals surface area contributed by atoms with Crippen LogP contribution in [0.3, 0.4) is 0 Å². The maximum absolute atomic E-state index is 14.8. The summed E-state index contributed by atoms with van der Waals surface area (Å²) in [6, 6.07) is 4.62. The van der Waals surface area contributed by atoms with E-state index in [4.69, 9.17) is 18.9 Å². The van der Waals surface area contributed by atoms with Crippen LogP contribution < -0.4 is 4.74 Å². The van der Waals surface area contributed by atoms with Crippen molar-refractivity contribution < 1.29 is 37.7 Å². The Balaban J connectivity index is 1.85. The number of nitrogens with zero attached hydrogens (tertiary/aromatic N) is 2. The van der Waals surface area contributed by atoms with Gasteiger partial charge in [-0.2, -0.15) is 0 Å². The molecule has 0 radical (unpaired) electrons. The average Bonchev–Trinajstić information content (AvgIpc) is 2.72. The van der Waals surface area contributed by atoms with E-state index in [1.807, 2.05) is 6.92 Å². The van der Waals surface area contributed by atoms with E-state index in [1.165, 1.54) is 44.9 Å². The zero-order valence-corrected chi connectivity index (χ0v) is 19.3. The third-order valence-corrected chi connectivity index (χ3v) is 5.77. The van der Waals surface area contributed by atoms with E-state index >= 15 is 0 Å². The van der Waals surface area contributed by atoms with Crippen LogP contribution in [0.2, 0.25) is 0 Å². The molecule has 9 nitrogen and oxygen atoms in total. The van der Waals surface area contributed by atoms with Crippen LogP contribution in [0.15, 0.2) is 30.6 Å². The molecule has 4 atom stereocenters.